The molecule has 37 heavy (non-hydrogen) atoms. The van der Waals surface area contributed by atoms with Gasteiger partial charge in [0.05, 0.1) is 41.6 Å². The van der Waals surface area contributed by atoms with Crippen LogP contribution in [-0.4, -0.2) is 86.4 Å². The molecular formula is C25H28FN5O5S. The number of nitro groups is 1. The third-order valence-electron chi connectivity index (χ3n) is 6.55. The first-order chi connectivity index (χ1) is 18.0. The average molecular weight is 530 g/mol. The molecule has 0 atom stereocenters. The summed E-state index contributed by atoms with van der Waals surface area (Å²) in [5.74, 6) is -0.750. The van der Waals surface area contributed by atoms with Crippen molar-refractivity contribution in [2.45, 2.75) is 6.42 Å². The standard InChI is InChI=1S/C25H28FN5O5S/c26-19-3-4-20-23(17-19)37-25(27-20)30(7-1-6-28-8-12-35-13-9-28)24(32)18-2-5-21(22(16-18)31(33)34)29-10-14-36-15-11-29/h2-5,16-17H,1,6-15H2. The highest BCUT2D eigenvalue weighted by atomic mass is 32.1. The van der Waals surface area contributed by atoms with Gasteiger partial charge in [-0.05, 0) is 36.8 Å². The highest BCUT2D eigenvalue weighted by Crippen LogP contribution is 2.33. The molecule has 2 aliphatic heterocycles. The Balaban J connectivity index is 1.43. The minimum absolute atomic E-state index is 0.118. The molecule has 0 saturated carbocycles. The smallest absolute Gasteiger partial charge is 0.293 e. The van der Waals surface area contributed by atoms with Crippen molar-refractivity contribution in [3.63, 3.8) is 0 Å². The molecule has 196 valence electrons. The van der Waals surface area contributed by atoms with E-state index in [1.807, 2.05) is 4.90 Å². The monoisotopic (exact) mass is 529 g/mol. The summed E-state index contributed by atoms with van der Waals surface area (Å²) in [6, 6.07) is 8.93. The van der Waals surface area contributed by atoms with Gasteiger partial charge in [0.15, 0.2) is 5.13 Å². The number of nitrogens with zero attached hydrogens (tertiary/aromatic N) is 5. The molecule has 10 nitrogen and oxygen atoms in total. The predicted molar refractivity (Wildman–Crippen MR) is 139 cm³/mol. The van der Waals surface area contributed by atoms with E-state index in [1.165, 1.54) is 29.5 Å². The summed E-state index contributed by atoms with van der Waals surface area (Å²) in [4.78, 5) is 35.6. The fourth-order valence-corrected chi connectivity index (χ4v) is 5.61. The van der Waals surface area contributed by atoms with Crippen LogP contribution in [0.2, 0.25) is 0 Å². The van der Waals surface area contributed by atoms with Crippen LogP contribution in [0.15, 0.2) is 36.4 Å². The van der Waals surface area contributed by atoms with Crippen LogP contribution < -0.4 is 9.80 Å². The van der Waals surface area contributed by atoms with Crippen molar-refractivity contribution >= 4 is 44.0 Å². The van der Waals surface area contributed by atoms with Gasteiger partial charge in [-0.25, -0.2) is 9.37 Å². The second-order valence-corrected chi connectivity index (χ2v) is 9.94. The summed E-state index contributed by atoms with van der Waals surface area (Å²) in [5.41, 5.74) is 1.16. The van der Waals surface area contributed by atoms with E-state index in [4.69, 9.17) is 9.47 Å². The highest BCUT2D eigenvalue weighted by molar-refractivity contribution is 7.22. The van der Waals surface area contributed by atoms with Gasteiger partial charge in [0.25, 0.3) is 11.6 Å². The first kappa shape index (κ1) is 25.5. The molecule has 0 unspecified atom stereocenters. The van der Waals surface area contributed by atoms with Gasteiger partial charge in [0, 0.05) is 50.9 Å². The minimum Gasteiger partial charge on any atom is -0.379 e. The molecule has 0 N–H and O–H groups in total. The number of benzene rings is 2. The molecule has 1 amide bonds. The normalized spacial score (nSPS) is 16.7. The maximum Gasteiger partial charge on any atom is 0.293 e. The van der Waals surface area contributed by atoms with E-state index in [0.717, 1.165) is 19.6 Å². The number of thiazole rings is 1. The second-order valence-electron chi connectivity index (χ2n) is 8.93. The third-order valence-corrected chi connectivity index (χ3v) is 7.59. The Morgan fingerprint density at radius 2 is 1.81 bits per heavy atom. The number of amides is 1. The van der Waals surface area contributed by atoms with Crippen LogP contribution in [0.4, 0.5) is 20.9 Å². The zero-order chi connectivity index (χ0) is 25.8. The lowest BCUT2D eigenvalue weighted by Crippen LogP contribution is -2.39. The van der Waals surface area contributed by atoms with E-state index in [9.17, 15) is 19.3 Å². The summed E-state index contributed by atoms with van der Waals surface area (Å²) in [6.45, 7) is 6.28. The van der Waals surface area contributed by atoms with Gasteiger partial charge in [0.1, 0.15) is 11.5 Å². The number of anilines is 2. The van der Waals surface area contributed by atoms with E-state index < -0.39 is 4.92 Å². The number of ether oxygens (including phenoxy) is 2. The molecule has 0 bridgehead atoms. The van der Waals surface area contributed by atoms with Gasteiger partial charge in [-0.3, -0.25) is 24.7 Å². The van der Waals surface area contributed by atoms with Crippen molar-refractivity contribution in [1.82, 2.24) is 9.88 Å². The fraction of sp³-hybridized carbons (Fsp3) is 0.440. The molecular weight excluding hydrogens is 501 g/mol. The van der Waals surface area contributed by atoms with Crippen LogP contribution in [0.1, 0.15) is 16.8 Å². The number of carbonyl (C=O) groups excluding carboxylic acids is 1. The van der Waals surface area contributed by atoms with Gasteiger partial charge in [0.2, 0.25) is 0 Å². The fourth-order valence-electron chi connectivity index (χ4n) is 4.59. The Morgan fingerprint density at radius 1 is 1.08 bits per heavy atom. The Morgan fingerprint density at radius 3 is 2.54 bits per heavy atom. The lowest BCUT2D eigenvalue weighted by molar-refractivity contribution is -0.384. The summed E-state index contributed by atoms with van der Waals surface area (Å²) in [6.07, 6.45) is 0.685. The molecule has 2 aromatic carbocycles. The molecule has 3 heterocycles. The Kier molecular flexibility index (Phi) is 7.89. The maximum absolute atomic E-state index is 13.8. The molecule has 2 fully saturated rings. The number of halogens is 1. The van der Waals surface area contributed by atoms with E-state index in [0.29, 0.717) is 73.5 Å². The first-order valence-electron chi connectivity index (χ1n) is 12.3. The van der Waals surface area contributed by atoms with Gasteiger partial charge in [-0.1, -0.05) is 11.3 Å². The van der Waals surface area contributed by atoms with Crippen molar-refractivity contribution in [2.24, 2.45) is 0 Å². The zero-order valence-electron chi connectivity index (χ0n) is 20.3. The van der Waals surface area contributed by atoms with Crippen LogP contribution >= 0.6 is 11.3 Å². The largest absolute Gasteiger partial charge is 0.379 e. The molecule has 2 aliphatic rings. The Labute approximate surface area is 217 Å². The quantitative estimate of drug-likeness (QED) is 0.323. The van der Waals surface area contributed by atoms with Crippen molar-refractivity contribution in [1.29, 1.82) is 0 Å². The molecule has 1 aromatic heterocycles. The van der Waals surface area contributed by atoms with Crippen LogP contribution in [-0.2, 0) is 9.47 Å². The number of hydrogen-bond donors (Lipinski definition) is 0. The first-order valence-corrected chi connectivity index (χ1v) is 13.1. The van der Waals surface area contributed by atoms with Crippen molar-refractivity contribution in [3.8, 4) is 0 Å². The molecule has 0 spiro atoms. The topological polar surface area (TPSA) is 101 Å². The van der Waals surface area contributed by atoms with Gasteiger partial charge < -0.3 is 14.4 Å². The molecule has 3 aromatic rings. The second kappa shape index (κ2) is 11.5. The lowest BCUT2D eigenvalue weighted by atomic mass is 10.1. The molecule has 0 aliphatic carbocycles. The van der Waals surface area contributed by atoms with Gasteiger partial charge in [-0.15, -0.1) is 0 Å². The number of morpholine rings is 2. The van der Waals surface area contributed by atoms with Crippen LogP contribution in [0.5, 0.6) is 0 Å². The number of fused-ring (bicyclic) bond motifs is 1. The van der Waals surface area contributed by atoms with Crippen LogP contribution in [0, 0.1) is 15.9 Å². The van der Waals surface area contributed by atoms with Crippen molar-refractivity contribution in [2.75, 3.05) is 75.5 Å². The molecule has 12 heteroatoms. The van der Waals surface area contributed by atoms with E-state index in [1.54, 1.807) is 23.1 Å². The Hall–Kier alpha value is -3.19. The average Bonchev–Trinajstić information content (AvgIpc) is 3.34. The number of carbonyl (C=O) groups is 1. The number of rotatable bonds is 8. The number of hydrogen-bond acceptors (Lipinski definition) is 9. The summed E-state index contributed by atoms with van der Waals surface area (Å²) in [5, 5.41) is 12.4. The number of aromatic nitrogens is 1. The van der Waals surface area contributed by atoms with E-state index in [-0.39, 0.29) is 23.0 Å². The van der Waals surface area contributed by atoms with Gasteiger partial charge in [-0.2, -0.15) is 0 Å². The minimum atomic E-state index is -0.454. The lowest BCUT2D eigenvalue weighted by Gasteiger charge is -2.29. The maximum atomic E-state index is 13.8. The SMILES string of the molecule is O=C(c1ccc(N2CCOCC2)c([N+](=O)[O-])c1)N(CCCN1CCOCC1)c1nc2ccc(F)cc2s1. The molecule has 2 saturated heterocycles. The molecule has 0 radical (unpaired) electrons. The van der Waals surface area contributed by atoms with Crippen LogP contribution in [0.3, 0.4) is 0 Å². The van der Waals surface area contributed by atoms with E-state index in [2.05, 4.69) is 9.88 Å². The van der Waals surface area contributed by atoms with E-state index >= 15 is 0 Å². The summed E-state index contributed by atoms with van der Waals surface area (Å²) in [7, 11) is 0. The highest BCUT2D eigenvalue weighted by Gasteiger charge is 2.27. The predicted octanol–water partition coefficient (Wildman–Crippen LogP) is 3.55. The summed E-state index contributed by atoms with van der Waals surface area (Å²) < 4.78 is 25.2. The third kappa shape index (κ3) is 5.87. The van der Waals surface area contributed by atoms with Crippen molar-refractivity contribution < 1.29 is 23.6 Å². The summed E-state index contributed by atoms with van der Waals surface area (Å²) >= 11 is 1.23. The number of nitro benzene ring substituents is 1. The van der Waals surface area contributed by atoms with Crippen LogP contribution in [0.25, 0.3) is 10.2 Å². The van der Waals surface area contributed by atoms with Gasteiger partial charge >= 0.3 is 0 Å². The zero-order valence-corrected chi connectivity index (χ0v) is 21.1. The van der Waals surface area contributed by atoms with Crippen molar-refractivity contribution in [3.05, 3.63) is 57.9 Å². The Bertz CT molecular complexity index is 1280. The molecule has 5 rings (SSSR count).